The molecule has 0 saturated heterocycles. The largest absolute Gasteiger partial charge is 0.464 e. The van der Waals surface area contributed by atoms with Crippen molar-refractivity contribution >= 4 is 28.8 Å². The summed E-state index contributed by atoms with van der Waals surface area (Å²) in [5, 5.41) is 2.03. The van der Waals surface area contributed by atoms with Crippen LogP contribution in [0, 0.1) is 0 Å². The highest BCUT2D eigenvalue weighted by atomic mass is 32.1. The summed E-state index contributed by atoms with van der Waals surface area (Å²) in [7, 11) is 0. The highest BCUT2D eigenvalue weighted by Gasteiger charge is 2.11. The smallest absolute Gasteiger partial charge is 0.160 e. The van der Waals surface area contributed by atoms with Gasteiger partial charge in [-0.1, -0.05) is 30.3 Å². The van der Waals surface area contributed by atoms with E-state index in [0.29, 0.717) is 0 Å². The molecule has 104 valence electrons. The predicted octanol–water partition coefficient (Wildman–Crippen LogP) is 5.13. The molecule has 0 fully saturated rings. The molecule has 3 aromatic rings. The molecule has 2 nitrogen and oxygen atoms in total. The van der Waals surface area contributed by atoms with Gasteiger partial charge in [-0.05, 0) is 42.1 Å². The standard InChI is InChI=1S/C18H14O2S/c1-13(19)15-7-3-2-6-14(15)12-16(17-8-4-10-20-17)18-9-5-11-21-18/h2-12H,1H3/b16-12+. The minimum Gasteiger partial charge on any atom is -0.464 e. The number of Topliss-reactive ketones (excluding diaryl/α,β-unsaturated/α-hetero) is 1. The van der Waals surface area contributed by atoms with Gasteiger partial charge in [0, 0.05) is 16.0 Å². The summed E-state index contributed by atoms with van der Waals surface area (Å²) in [6.45, 7) is 1.59. The average molecular weight is 294 g/mol. The van der Waals surface area contributed by atoms with Gasteiger partial charge in [-0.3, -0.25) is 4.79 Å². The summed E-state index contributed by atoms with van der Waals surface area (Å²) in [6.07, 6.45) is 3.68. The van der Waals surface area contributed by atoms with Crippen LogP contribution in [0.2, 0.25) is 0 Å². The first-order valence-corrected chi connectivity index (χ1v) is 7.53. The lowest BCUT2D eigenvalue weighted by Gasteiger charge is -2.06. The van der Waals surface area contributed by atoms with Crippen LogP contribution in [0.4, 0.5) is 0 Å². The first kappa shape index (κ1) is 13.6. The van der Waals surface area contributed by atoms with Crippen molar-refractivity contribution in [2.75, 3.05) is 0 Å². The van der Waals surface area contributed by atoms with Crippen LogP contribution in [0.1, 0.15) is 33.5 Å². The second-order valence-corrected chi connectivity index (χ2v) is 5.60. The fourth-order valence-corrected chi connectivity index (χ4v) is 2.97. The monoisotopic (exact) mass is 294 g/mol. The molecule has 0 amide bonds. The van der Waals surface area contributed by atoms with Gasteiger partial charge >= 0.3 is 0 Å². The van der Waals surface area contributed by atoms with Crippen LogP contribution < -0.4 is 0 Å². The van der Waals surface area contributed by atoms with Gasteiger partial charge in [-0.25, -0.2) is 0 Å². The van der Waals surface area contributed by atoms with E-state index >= 15 is 0 Å². The summed E-state index contributed by atoms with van der Waals surface area (Å²) < 4.78 is 5.55. The van der Waals surface area contributed by atoms with Gasteiger partial charge in [0.25, 0.3) is 0 Å². The van der Waals surface area contributed by atoms with Crippen molar-refractivity contribution < 1.29 is 9.21 Å². The maximum absolute atomic E-state index is 11.8. The second kappa shape index (κ2) is 5.94. The molecule has 0 aliphatic rings. The SMILES string of the molecule is CC(=O)c1ccccc1/C=C(\c1ccco1)c1cccs1. The molecular weight excluding hydrogens is 280 g/mol. The minimum absolute atomic E-state index is 0.0619. The van der Waals surface area contributed by atoms with E-state index in [9.17, 15) is 4.79 Å². The van der Waals surface area contributed by atoms with Crippen molar-refractivity contribution in [1.82, 2.24) is 0 Å². The molecule has 3 rings (SSSR count). The van der Waals surface area contributed by atoms with E-state index in [1.165, 1.54) is 0 Å². The number of thiophene rings is 1. The Kier molecular flexibility index (Phi) is 3.84. The van der Waals surface area contributed by atoms with Gasteiger partial charge in [-0.15, -0.1) is 11.3 Å². The van der Waals surface area contributed by atoms with Crippen LogP contribution in [-0.4, -0.2) is 5.78 Å². The van der Waals surface area contributed by atoms with Crippen LogP contribution in [0.5, 0.6) is 0 Å². The maximum Gasteiger partial charge on any atom is 0.160 e. The second-order valence-electron chi connectivity index (χ2n) is 4.66. The molecule has 1 aromatic carbocycles. The van der Waals surface area contributed by atoms with Crippen LogP contribution >= 0.6 is 11.3 Å². The molecule has 0 bridgehead atoms. The number of benzene rings is 1. The van der Waals surface area contributed by atoms with Crippen LogP contribution in [-0.2, 0) is 0 Å². The van der Waals surface area contributed by atoms with Gasteiger partial charge in [0.1, 0.15) is 5.76 Å². The highest BCUT2D eigenvalue weighted by molar-refractivity contribution is 7.11. The predicted molar refractivity (Wildman–Crippen MR) is 86.4 cm³/mol. The lowest BCUT2D eigenvalue weighted by molar-refractivity contribution is 0.101. The molecule has 0 atom stereocenters. The van der Waals surface area contributed by atoms with E-state index in [-0.39, 0.29) is 5.78 Å². The number of rotatable bonds is 4. The number of furan rings is 1. The summed E-state index contributed by atoms with van der Waals surface area (Å²) in [4.78, 5) is 12.9. The van der Waals surface area contributed by atoms with Gasteiger partial charge in [0.05, 0.1) is 6.26 Å². The van der Waals surface area contributed by atoms with Gasteiger partial charge in [-0.2, -0.15) is 0 Å². The van der Waals surface area contributed by atoms with Crippen molar-refractivity contribution in [3.8, 4) is 0 Å². The Balaban J connectivity index is 2.16. The fraction of sp³-hybridized carbons (Fsp3) is 0.0556. The van der Waals surface area contributed by atoms with E-state index in [1.54, 1.807) is 24.5 Å². The van der Waals surface area contributed by atoms with E-state index in [1.807, 2.05) is 53.9 Å². The van der Waals surface area contributed by atoms with Crippen molar-refractivity contribution in [2.45, 2.75) is 6.92 Å². The van der Waals surface area contributed by atoms with E-state index in [0.717, 1.165) is 27.3 Å². The zero-order valence-corrected chi connectivity index (χ0v) is 12.4. The van der Waals surface area contributed by atoms with Gasteiger partial charge in [0.15, 0.2) is 5.78 Å². The zero-order chi connectivity index (χ0) is 14.7. The number of ketones is 1. The third-order valence-corrected chi connectivity index (χ3v) is 4.12. The van der Waals surface area contributed by atoms with Crippen molar-refractivity contribution in [2.24, 2.45) is 0 Å². The summed E-state index contributed by atoms with van der Waals surface area (Å²) in [5.74, 6) is 0.864. The molecule has 0 aliphatic heterocycles. The lowest BCUT2D eigenvalue weighted by atomic mass is 10.0. The third kappa shape index (κ3) is 2.88. The molecule has 2 heterocycles. The zero-order valence-electron chi connectivity index (χ0n) is 11.6. The van der Waals surface area contributed by atoms with Crippen LogP contribution in [0.15, 0.2) is 64.6 Å². The number of carbonyl (C=O) groups excluding carboxylic acids is 1. The number of hydrogen-bond donors (Lipinski definition) is 0. The highest BCUT2D eigenvalue weighted by Crippen LogP contribution is 2.30. The molecule has 0 radical (unpaired) electrons. The fourth-order valence-electron chi connectivity index (χ4n) is 2.23. The molecule has 0 aliphatic carbocycles. The average Bonchev–Trinajstić information content (AvgIpc) is 3.18. The first-order valence-electron chi connectivity index (χ1n) is 6.65. The molecular formula is C18H14O2S. The van der Waals surface area contributed by atoms with Crippen LogP contribution in [0.25, 0.3) is 11.6 Å². The number of carbonyl (C=O) groups is 1. The van der Waals surface area contributed by atoms with E-state index in [2.05, 4.69) is 6.07 Å². The molecule has 2 aromatic heterocycles. The van der Waals surface area contributed by atoms with Crippen LogP contribution in [0.3, 0.4) is 0 Å². The van der Waals surface area contributed by atoms with Crippen molar-refractivity contribution in [3.05, 3.63) is 81.9 Å². The molecule has 3 heteroatoms. The minimum atomic E-state index is 0.0619. The van der Waals surface area contributed by atoms with Crippen molar-refractivity contribution in [3.63, 3.8) is 0 Å². The Morgan fingerprint density at radius 1 is 1.10 bits per heavy atom. The lowest BCUT2D eigenvalue weighted by Crippen LogP contribution is -1.95. The molecule has 0 unspecified atom stereocenters. The van der Waals surface area contributed by atoms with E-state index in [4.69, 9.17) is 4.42 Å². The normalized spacial score (nSPS) is 11.6. The summed E-state index contributed by atoms with van der Waals surface area (Å²) >= 11 is 1.65. The number of hydrogen-bond acceptors (Lipinski definition) is 3. The Labute approximate surface area is 127 Å². The molecule has 0 saturated carbocycles. The summed E-state index contributed by atoms with van der Waals surface area (Å²) in [5.41, 5.74) is 2.62. The first-order chi connectivity index (χ1) is 10.3. The Morgan fingerprint density at radius 2 is 1.95 bits per heavy atom. The quantitative estimate of drug-likeness (QED) is 0.624. The van der Waals surface area contributed by atoms with Gasteiger partial charge < -0.3 is 4.42 Å². The van der Waals surface area contributed by atoms with Crippen molar-refractivity contribution in [1.29, 1.82) is 0 Å². The Morgan fingerprint density at radius 3 is 2.62 bits per heavy atom. The van der Waals surface area contributed by atoms with E-state index < -0.39 is 0 Å². The Bertz CT molecular complexity index is 729. The van der Waals surface area contributed by atoms with Gasteiger partial charge in [0.2, 0.25) is 0 Å². The Hall–Kier alpha value is -2.39. The molecule has 21 heavy (non-hydrogen) atoms. The summed E-state index contributed by atoms with van der Waals surface area (Å²) in [6, 6.07) is 15.5. The molecule has 0 N–H and O–H groups in total. The third-order valence-electron chi connectivity index (χ3n) is 3.21. The maximum atomic E-state index is 11.8. The molecule has 0 spiro atoms. The topological polar surface area (TPSA) is 30.2 Å².